The van der Waals surface area contributed by atoms with Crippen molar-refractivity contribution < 1.29 is 24.6 Å². The van der Waals surface area contributed by atoms with E-state index in [0.29, 0.717) is 15.6 Å². The lowest BCUT2D eigenvalue weighted by Crippen LogP contribution is -2.31. The summed E-state index contributed by atoms with van der Waals surface area (Å²) in [5, 5.41) is 21.1. The molecular formula is C20H17ClN2O5S2. The number of benzene rings is 1. The highest BCUT2D eigenvalue weighted by Gasteiger charge is 2.32. The SMILES string of the molecule is O=C(CCN1C(=O)/C(=C/C2=CCC(Cl)C=C2)SC1=S)Nc1ccc(C(=O)O)c(O)c1. The van der Waals surface area contributed by atoms with Gasteiger partial charge in [-0.2, -0.15) is 0 Å². The van der Waals surface area contributed by atoms with Gasteiger partial charge in [0, 0.05) is 24.7 Å². The number of nitrogens with one attached hydrogen (secondary N) is 1. The molecule has 3 N–H and O–H groups in total. The number of aromatic hydroxyl groups is 1. The number of alkyl halides is 1. The van der Waals surface area contributed by atoms with E-state index < -0.39 is 17.6 Å². The average molecular weight is 465 g/mol. The van der Waals surface area contributed by atoms with Gasteiger partial charge in [-0.05, 0) is 30.2 Å². The summed E-state index contributed by atoms with van der Waals surface area (Å²) in [6.45, 7) is 0.103. The number of aromatic carboxylic acids is 1. The van der Waals surface area contributed by atoms with Crippen LogP contribution in [0.15, 0.2) is 53.0 Å². The van der Waals surface area contributed by atoms with Crippen LogP contribution in [-0.2, 0) is 9.59 Å². The van der Waals surface area contributed by atoms with Crippen LogP contribution in [0.4, 0.5) is 5.69 Å². The maximum atomic E-state index is 12.6. The van der Waals surface area contributed by atoms with Crippen LogP contribution in [0.1, 0.15) is 23.2 Å². The standard InChI is InChI=1S/C20H17ClN2O5S2/c21-12-3-1-11(2-4-12)9-16-18(26)23(20(29)30-16)8-7-17(25)22-13-5-6-14(19(27)28)15(24)10-13/h1-3,5-6,9-10,12,24H,4,7-8H2,(H,22,25)(H,27,28)/b16-9-. The Morgan fingerprint density at radius 3 is 2.80 bits per heavy atom. The zero-order chi connectivity index (χ0) is 21.8. The summed E-state index contributed by atoms with van der Waals surface area (Å²) in [4.78, 5) is 37.6. The monoisotopic (exact) mass is 464 g/mol. The zero-order valence-corrected chi connectivity index (χ0v) is 17.9. The summed E-state index contributed by atoms with van der Waals surface area (Å²) in [5.74, 6) is -2.38. The molecule has 2 aliphatic rings. The maximum absolute atomic E-state index is 12.6. The first kappa shape index (κ1) is 22.1. The fourth-order valence-corrected chi connectivity index (χ4v) is 4.26. The molecule has 1 aliphatic carbocycles. The van der Waals surface area contributed by atoms with E-state index in [1.807, 2.05) is 18.2 Å². The predicted molar refractivity (Wildman–Crippen MR) is 120 cm³/mol. The average Bonchev–Trinajstić information content (AvgIpc) is 2.94. The summed E-state index contributed by atoms with van der Waals surface area (Å²) in [5.41, 5.74) is 0.873. The van der Waals surface area contributed by atoms with Gasteiger partial charge in [-0.25, -0.2) is 4.79 Å². The minimum Gasteiger partial charge on any atom is -0.507 e. The highest BCUT2D eigenvalue weighted by molar-refractivity contribution is 8.26. The Balaban J connectivity index is 1.58. The van der Waals surface area contributed by atoms with E-state index in [0.717, 1.165) is 11.6 Å². The Hall–Kier alpha value is -2.62. The summed E-state index contributed by atoms with van der Waals surface area (Å²) in [7, 11) is 0. The van der Waals surface area contributed by atoms with E-state index in [-0.39, 0.29) is 35.5 Å². The molecule has 1 aliphatic heterocycles. The van der Waals surface area contributed by atoms with Gasteiger partial charge in [0.2, 0.25) is 5.91 Å². The van der Waals surface area contributed by atoms with Crippen LogP contribution >= 0.6 is 35.6 Å². The van der Waals surface area contributed by atoms with Crippen LogP contribution in [0.3, 0.4) is 0 Å². The maximum Gasteiger partial charge on any atom is 0.339 e. The van der Waals surface area contributed by atoms with E-state index in [1.54, 1.807) is 6.08 Å². The first-order valence-corrected chi connectivity index (χ1v) is 10.5. The van der Waals surface area contributed by atoms with Gasteiger partial charge in [0.1, 0.15) is 15.6 Å². The number of halogens is 1. The highest BCUT2D eigenvalue weighted by atomic mass is 35.5. The molecule has 0 bridgehead atoms. The Labute approximate surface area is 187 Å². The van der Waals surface area contributed by atoms with Crippen molar-refractivity contribution in [2.75, 3.05) is 11.9 Å². The minimum absolute atomic E-state index is 0.0162. The number of thioether (sulfide) groups is 1. The lowest BCUT2D eigenvalue weighted by atomic mass is 10.1. The molecule has 1 atom stereocenters. The number of carbonyl (C=O) groups is 3. The predicted octanol–water partition coefficient (Wildman–Crippen LogP) is 3.66. The number of allylic oxidation sites excluding steroid dienone is 5. The Bertz CT molecular complexity index is 1020. The highest BCUT2D eigenvalue weighted by Crippen LogP contribution is 2.33. The van der Waals surface area contributed by atoms with Crippen LogP contribution < -0.4 is 5.32 Å². The normalized spacial score (nSPS) is 19.9. The molecular weight excluding hydrogens is 448 g/mol. The fourth-order valence-electron chi connectivity index (χ4n) is 2.79. The minimum atomic E-state index is -1.27. The number of amides is 2. The first-order chi connectivity index (χ1) is 14.2. The first-order valence-electron chi connectivity index (χ1n) is 8.88. The summed E-state index contributed by atoms with van der Waals surface area (Å²) < 4.78 is 0.373. The molecule has 1 fully saturated rings. The number of carbonyl (C=O) groups excluding carboxylic acids is 2. The van der Waals surface area contributed by atoms with Crippen molar-refractivity contribution in [1.29, 1.82) is 0 Å². The van der Waals surface area contributed by atoms with Crippen molar-refractivity contribution in [3.8, 4) is 5.75 Å². The van der Waals surface area contributed by atoms with Gasteiger partial charge >= 0.3 is 5.97 Å². The van der Waals surface area contributed by atoms with Crippen LogP contribution in [0.25, 0.3) is 0 Å². The van der Waals surface area contributed by atoms with Crippen molar-refractivity contribution in [1.82, 2.24) is 4.90 Å². The number of carboxylic acids is 1. The van der Waals surface area contributed by atoms with E-state index in [1.165, 1.54) is 28.8 Å². The van der Waals surface area contributed by atoms with Gasteiger partial charge in [-0.3, -0.25) is 14.5 Å². The largest absolute Gasteiger partial charge is 0.507 e. The third-order valence-corrected chi connectivity index (χ3v) is 6.02. The van der Waals surface area contributed by atoms with E-state index in [2.05, 4.69) is 5.32 Å². The molecule has 156 valence electrons. The van der Waals surface area contributed by atoms with E-state index in [4.69, 9.17) is 28.9 Å². The number of anilines is 1. The molecule has 0 radical (unpaired) electrons. The Morgan fingerprint density at radius 2 is 2.17 bits per heavy atom. The van der Waals surface area contributed by atoms with Gasteiger partial charge in [0.05, 0.1) is 10.3 Å². The van der Waals surface area contributed by atoms with E-state index >= 15 is 0 Å². The fraction of sp³-hybridized carbons (Fsp3) is 0.200. The van der Waals surface area contributed by atoms with Gasteiger partial charge in [-0.15, -0.1) is 11.6 Å². The Morgan fingerprint density at radius 1 is 1.40 bits per heavy atom. The van der Waals surface area contributed by atoms with Gasteiger partial charge < -0.3 is 15.5 Å². The molecule has 1 saturated heterocycles. The molecule has 1 aromatic carbocycles. The quantitative estimate of drug-likeness (QED) is 0.335. The summed E-state index contributed by atoms with van der Waals surface area (Å²) in [6, 6.07) is 3.72. The number of carboxylic acid groups (broad SMARTS) is 1. The van der Waals surface area contributed by atoms with Crippen LogP contribution in [0.5, 0.6) is 5.75 Å². The lowest BCUT2D eigenvalue weighted by molar-refractivity contribution is -0.122. The number of thiocarbonyl (C=S) groups is 1. The van der Waals surface area contributed by atoms with Crippen molar-refractivity contribution in [3.05, 3.63) is 58.5 Å². The van der Waals surface area contributed by atoms with Crippen molar-refractivity contribution in [2.45, 2.75) is 18.2 Å². The third kappa shape index (κ3) is 5.29. The number of hydrogen-bond donors (Lipinski definition) is 3. The molecule has 1 heterocycles. The van der Waals surface area contributed by atoms with E-state index in [9.17, 15) is 19.5 Å². The van der Waals surface area contributed by atoms with Crippen molar-refractivity contribution >= 4 is 63.4 Å². The number of rotatable bonds is 6. The molecule has 3 rings (SSSR count). The van der Waals surface area contributed by atoms with Gasteiger partial charge in [0.25, 0.3) is 5.91 Å². The van der Waals surface area contributed by atoms with Crippen LogP contribution in [0, 0.1) is 0 Å². The zero-order valence-electron chi connectivity index (χ0n) is 15.5. The Kier molecular flexibility index (Phi) is 6.96. The molecule has 0 spiro atoms. The van der Waals surface area contributed by atoms with Crippen molar-refractivity contribution in [2.24, 2.45) is 0 Å². The molecule has 0 aromatic heterocycles. The van der Waals surface area contributed by atoms with Crippen LogP contribution in [-0.4, -0.2) is 49.1 Å². The molecule has 10 heteroatoms. The number of nitrogens with zero attached hydrogens (tertiary/aromatic N) is 1. The number of phenols is 1. The second-order valence-corrected chi connectivity index (χ2v) is 8.72. The molecule has 1 aromatic rings. The lowest BCUT2D eigenvalue weighted by Gasteiger charge is -2.14. The van der Waals surface area contributed by atoms with Crippen molar-refractivity contribution in [3.63, 3.8) is 0 Å². The second-order valence-electron chi connectivity index (χ2n) is 6.48. The number of hydrogen-bond acceptors (Lipinski definition) is 6. The second kappa shape index (κ2) is 9.46. The topological polar surface area (TPSA) is 107 Å². The summed E-state index contributed by atoms with van der Waals surface area (Å²) >= 11 is 12.4. The molecule has 7 nitrogen and oxygen atoms in total. The molecule has 0 saturated carbocycles. The van der Waals surface area contributed by atoms with Crippen LogP contribution in [0.2, 0.25) is 0 Å². The smallest absolute Gasteiger partial charge is 0.339 e. The molecule has 1 unspecified atom stereocenters. The van der Waals surface area contributed by atoms with Gasteiger partial charge in [0.15, 0.2) is 0 Å². The third-order valence-electron chi connectivity index (χ3n) is 4.32. The van der Waals surface area contributed by atoms with Gasteiger partial charge in [-0.1, -0.05) is 42.2 Å². The summed E-state index contributed by atoms with van der Waals surface area (Å²) in [6.07, 6.45) is 8.09. The molecule has 30 heavy (non-hydrogen) atoms. The molecule has 2 amide bonds.